The van der Waals surface area contributed by atoms with Gasteiger partial charge in [0.1, 0.15) is 6.04 Å². The van der Waals surface area contributed by atoms with E-state index in [2.05, 4.69) is 17.0 Å². The Labute approximate surface area is 142 Å². The standard InChI is InChI=1S/C20H24N2O2/c1-3-19-4-5-20-14(2-8-21(7-1)18(19)20)13-10-16-17(24-12-23-16)11-15(13)22(20)9-6-19/h10-11,14,18H,1-9,12H2/p+1/t14-,18-,19-,20+/m0/s1. The van der Waals surface area contributed by atoms with Crippen LogP contribution in [-0.4, -0.2) is 38.0 Å². The van der Waals surface area contributed by atoms with Crippen molar-refractivity contribution in [2.45, 2.75) is 56.0 Å². The van der Waals surface area contributed by atoms with Crippen LogP contribution < -0.4 is 19.3 Å². The van der Waals surface area contributed by atoms with Crippen LogP contribution in [0, 0.1) is 5.41 Å². The number of ether oxygens (including phenoxy) is 2. The smallest absolute Gasteiger partial charge is 0.231 e. The van der Waals surface area contributed by atoms with E-state index < -0.39 is 0 Å². The summed E-state index contributed by atoms with van der Waals surface area (Å²) in [6.45, 7) is 4.43. The number of benzene rings is 1. The number of piperidine rings is 3. The minimum absolute atomic E-state index is 0.387. The van der Waals surface area contributed by atoms with Gasteiger partial charge in [0.05, 0.1) is 18.6 Å². The summed E-state index contributed by atoms with van der Waals surface area (Å²) in [5.74, 6) is 2.66. The molecule has 6 aliphatic rings. The summed E-state index contributed by atoms with van der Waals surface area (Å²) in [4.78, 5) is 4.78. The van der Waals surface area contributed by atoms with Crippen LogP contribution in [0.2, 0.25) is 0 Å². The largest absolute Gasteiger partial charge is 0.454 e. The molecule has 7 rings (SSSR count). The molecule has 5 aliphatic heterocycles. The van der Waals surface area contributed by atoms with E-state index in [-0.39, 0.29) is 0 Å². The summed E-state index contributed by atoms with van der Waals surface area (Å²) in [7, 11) is 0. The van der Waals surface area contributed by atoms with E-state index in [1.54, 1.807) is 5.56 Å². The third kappa shape index (κ3) is 1.19. The molecular formula is C20H25N2O2+. The van der Waals surface area contributed by atoms with E-state index in [0.717, 1.165) is 23.5 Å². The number of fused-ring (bicyclic) bond motifs is 4. The van der Waals surface area contributed by atoms with E-state index in [1.165, 1.54) is 63.8 Å². The van der Waals surface area contributed by atoms with E-state index in [1.807, 2.05) is 4.90 Å². The van der Waals surface area contributed by atoms with Crippen LogP contribution in [0.3, 0.4) is 0 Å². The van der Waals surface area contributed by atoms with Crippen molar-refractivity contribution in [3.63, 3.8) is 0 Å². The lowest BCUT2D eigenvalue weighted by Crippen LogP contribution is -3.22. The molecule has 1 N–H and O–H groups in total. The SMILES string of the molecule is c1c2c(cc3c1[C@@H]1CC[NH+]4CCC[C@@]56CCN3[C@@]1(CC5)[C@@H]46)OCO2. The second-order valence-electron chi connectivity index (χ2n) is 9.06. The highest BCUT2D eigenvalue weighted by Gasteiger charge is 2.74. The van der Waals surface area contributed by atoms with Gasteiger partial charge in [-0.05, 0) is 43.7 Å². The van der Waals surface area contributed by atoms with E-state index in [9.17, 15) is 0 Å². The van der Waals surface area contributed by atoms with Gasteiger partial charge in [-0.3, -0.25) is 0 Å². The number of anilines is 1. The van der Waals surface area contributed by atoms with E-state index >= 15 is 0 Å². The molecule has 5 heterocycles. The fourth-order valence-electron chi connectivity index (χ4n) is 8.01. The van der Waals surface area contributed by atoms with Crippen LogP contribution in [-0.2, 0) is 0 Å². The first kappa shape index (κ1) is 12.9. The number of quaternary nitrogens is 1. The summed E-state index contributed by atoms with van der Waals surface area (Å²) < 4.78 is 11.4. The van der Waals surface area contributed by atoms with Crippen LogP contribution >= 0.6 is 0 Å². The highest BCUT2D eigenvalue weighted by molar-refractivity contribution is 5.71. The number of hydrogen-bond donors (Lipinski definition) is 1. The minimum atomic E-state index is 0.387. The van der Waals surface area contributed by atoms with Gasteiger partial charge in [-0.25, -0.2) is 0 Å². The molecule has 0 amide bonds. The van der Waals surface area contributed by atoms with Gasteiger partial charge >= 0.3 is 0 Å². The maximum atomic E-state index is 5.72. The van der Waals surface area contributed by atoms with Crippen LogP contribution in [0.5, 0.6) is 11.5 Å². The highest BCUT2D eigenvalue weighted by Crippen LogP contribution is 2.67. The van der Waals surface area contributed by atoms with Gasteiger partial charge in [-0.15, -0.1) is 0 Å². The molecule has 1 aromatic carbocycles. The van der Waals surface area contributed by atoms with Crippen molar-refractivity contribution in [2.24, 2.45) is 5.41 Å². The molecule has 5 atom stereocenters. The number of nitrogens with one attached hydrogen (secondary N) is 1. The van der Waals surface area contributed by atoms with Gasteiger partial charge in [0.15, 0.2) is 11.5 Å². The predicted octanol–water partition coefficient (Wildman–Crippen LogP) is 1.69. The number of hydrogen-bond acceptors (Lipinski definition) is 3. The van der Waals surface area contributed by atoms with Crippen molar-refractivity contribution in [2.75, 3.05) is 31.3 Å². The monoisotopic (exact) mass is 325 g/mol. The van der Waals surface area contributed by atoms with Crippen molar-refractivity contribution >= 4 is 5.69 Å². The van der Waals surface area contributed by atoms with Crippen molar-refractivity contribution in [3.05, 3.63) is 17.7 Å². The van der Waals surface area contributed by atoms with E-state index in [4.69, 9.17) is 9.47 Å². The molecule has 24 heavy (non-hydrogen) atoms. The molecule has 126 valence electrons. The molecule has 4 heteroatoms. The topological polar surface area (TPSA) is 26.1 Å². The second-order valence-corrected chi connectivity index (χ2v) is 9.06. The first-order chi connectivity index (χ1) is 11.8. The zero-order valence-corrected chi connectivity index (χ0v) is 14.1. The molecule has 4 nitrogen and oxygen atoms in total. The molecule has 0 aromatic heterocycles. The van der Waals surface area contributed by atoms with Gasteiger partial charge in [0, 0.05) is 36.1 Å². The van der Waals surface area contributed by atoms with Crippen LogP contribution in [0.4, 0.5) is 5.69 Å². The van der Waals surface area contributed by atoms with Crippen molar-refractivity contribution in [3.8, 4) is 11.5 Å². The Bertz CT molecular complexity index is 729. The molecule has 1 aliphatic carbocycles. The lowest BCUT2D eigenvalue weighted by molar-refractivity contribution is -0.948. The zero-order chi connectivity index (χ0) is 15.5. The summed E-state index contributed by atoms with van der Waals surface area (Å²) in [6.07, 6.45) is 8.58. The number of nitrogens with zero attached hydrogens (tertiary/aromatic N) is 1. The molecular weight excluding hydrogens is 300 g/mol. The fraction of sp³-hybridized carbons (Fsp3) is 0.700. The lowest BCUT2D eigenvalue weighted by Gasteiger charge is -2.59. The summed E-state index contributed by atoms with van der Waals surface area (Å²) in [6, 6.07) is 5.51. The van der Waals surface area contributed by atoms with Crippen molar-refractivity contribution in [1.82, 2.24) is 0 Å². The van der Waals surface area contributed by atoms with Gasteiger partial charge in [0.25, 0.3) is 0 Å². The number of rotatable bonds is 0. The van der Waals surface area contributed by atoms with Crippen LogP contribution in [0.25, 0.3) is 0 Å². The molecule has 1 aromatic rings. The Morgan fingerprint density at radius 1 is 1.04 bits per heavy atom. The summed E-state index contributed by atoms with van der Waals surface area (Å²) >= 11 is 0. The van der Waals surface area contributed by atoms with Crippen LogP contribution in [0.15, 0.2) is 12.1 Å². The molecule has 2 bridgehead atoms. The molecule has 1 unspecified atom stereocenters. The zero-order valence-electron chi connectivity index (χ0n) is 14.1. The van der Waals surface area contributed by atoms with Gasteiger partial charge < -0.3 is 19.3 Å². The molecule has 0 radical (unpaired) electrons. The first-order valence-corrected chi connectivity index (χ1v) is 9.88. The normalized spacial score (nSPS) is 46.0. The van der Waals surface area contributed by atoms with Crippen LogP contribution in [0.1, 0.15) is 50.0 Å². The Balaban J connectivity index is 1.47. The van der Waals surface area contributed by atoms with Crippen molar-refractivity contribution < 1.29 is 14.4 Å². The highest BCUT2D eigenvalue weighted by atomic mass is 16.7. The molecule has 4 fully saturated rings. The Kier molecular flexibility index (Phi) is 2.08. The lowest BCUT2D eigenvalue weighted by atomic mass is 9.62. The Hall–Kier alpha value is -1.42. The predicted molar refractivity (Wildman–Crippen MR) is 90.0 cm³/mol. The third-order valence-corrected chi connectivity index (χ3v) is 8.60. The van der Waals surface area contributed by atoms with E-state index in [0.29, 0.717) is 17.7 Å². The average molecular weight is 325 g/mol. The van der Waals surface area contributed by atoms with Gasteiger partial charge in [-0.2, -0.15) is 0 Å². The minimum Gasteiger partial charge on any atom is -0.454 e. The average Bonchev–Trinajstić information content (AvgIpc) is 3.24. The van der Waals surface area contributed by atoms with Gasteiger partial charge in [-0.1, -0.05) is 0 Å². The molecule has 1 spiro atoms. The quantitative estimate of drug-likeness (QED) is 0.786. The summed E-state index contributed by atoms with van der Waals surface area (Å²) in [5, 5.41) is 0. The maximum absolute atomic E-state index is 5.72. The molecule has 1 saturated carbocycles. The summed E-state index contributed by atoms with van der Waals surface area (Å²) in [5.41, 5.74) is 4.11. The van der Waals surface area contributed by atoms with Gasteiger partial charge in [0.2, 0.25) is 6.79 Å². The Morgan fingerprint density at radius 2 is 1.96 bits per heavy atom. The van der Waals surface area contributed by atoms with Crippen molar-refractivity contribution in [1.29, 1.82) is 0 Å². The first-order valence-electron chi connectivity index (χ1n) is 9.88. The third-order valence-electron chi connectivity index (χ3n) is 8.60. The molecule has 3 saturated heterocycles. The second kappa shape index (κ2) is 3.87. The Morgan fingerprint density at radius 3 is 2.92 bits per heavy atom. The fourth-order valence-corrected chi connectivity index (χ4v) is 8.01. The maximum Gasteiger partial charge on any atom is 0.231 e.